The predicted octanol–water partition coefficient (Wildman–Crippen LogP) is 2.94. The van der Waals surface area contributed by atoms with Crippen LogP contribution in [0, 0.1) is 6.92 Å². The molecule has 0 amide bonds. The Labute approximate surface area is 114 Å². The van der Waals surface area contributed by atoms with E-state index in [4.69, 9.17) is 0 Å². The summed E-state index contributed by atoms with van der Waals surface area (Å²) in [5.41, 5.74) is -5.07. The Morgan fingerprint density at radius 1 is 1.29 bits per heavy atom. The summed E-state index contributed by atoms with van der Waals surface area (Å²) in [4.78, 5) is 0. The fraction of sp³-hybridized carbons (Fsp3) is 0.125. The van der Waals surface area contributed by atoms with Gasteiger partial charge in [-0.1, -0.05) is 0 Å². The van der Waals surface area contributed by atoms with Gasteiger partial charge in [-0.15, -0.1) is 12.1 Å². The summed E-state index contributed by atoms with van der Waals surface area (Å²) in [6.45, 7) is 3.42. The van der Waals surface area contributed by atoms with Crippen LogP contribution in [0.25, 0.3) is 0 Å². The Balaban J connectivity index is 0.00000121. The SMILES string of the molecule is [CH2-]c1cccc(OS(=O)(=O)C(F)(F)F)c1.[Zn+][Br]. The molecular formula is C8H6BrF3O3SZn. The molecule has 0 saturated heterocycles. The molecular weight excluding hydrogens is 378 g/mol. The maximum atomic E-state index is 11.9. The number of alkyl halides is 3. The zero-order chi connectivity index (χ0) is 13.7. The summed E-state index contributed by atoms with van der Waals surface area (Å²) in [7, 11) is -5.60. The number of benzene rings is 1. The molecule has 1 aromatic carbocycles. The molecule has 1 aromatic rings. The fourth-order valence-corrected chi connectivity index (χ4v) is 1.22. The molecule has 3 nitrogen and oxygen atoms in total. The molecule has 0 fully saturated rings. The van der Waals surface area contributed by atoms with Gasteiger partial charge >= 0.3 is 45.6 Å². The molecule has 0 aliphatic rings. The van der Waals surface area contributed by atoms with Gasteiger partial charge in [0, 0.05) is 0 Å². The Kier molecular flexibility index (Phi) is 6.50. The Bertz CT molecular complexity index is 461. The summed E-state index contributed by atoms with van der Waals surface area (Å²) in [6.07, 6.45) is 0. The molecule has 0 N–H and O–H groups in total. The number of hydrogen-bond donors (Lipinski definition) is 0. The average Bonchev–Trinajstić information content (AvgIpc) is 2.18. The van der Waals surface area contributed by atoms with Crippen LogP contribution in [0.4, 0.5) is 13.2 Å². The van der Waals surface area contributed by atoms with Crippen molar-refractivity contribution in [2.45, 2.75) is 5.51 Å². The van der Waals surface area contributed by atoms with Crippen LogP contribution >= 0.6 is 13.6 Å². The number of rotatable bonds is 2. The molecule has 0 heterocycles. The van der Waals surface area contributed by atoms with Crippen LogP contribution in [-0.4, -0.2) is 13.9 Å². The number of halogens is 4. The van der Waals surface area contributed by atoms with E-state index in [-0.39, 0.29) is 0 Å². The van der Waals surface area contributed by atoms with Gasteiger partial charge in [-0.25, -0.2) is 0 Å². The van der Waals surface area contributed by atoms with Crippen LogP contribution in [0.2, 0.25) is 0 Å². The summed E-state index contributed by atoms with van der Waals surface area (Å²) in [5.74, 6) is -0.417. The summed E-state index contributed by atoms with van der Waals surface area (Å²) < 4.78 is 60.7. The Morgan fingerprint density at radius 2 is 1.82 bits per heavy atom. The van der Waals surface area contributed by atoms with E-state index in [1.54, 1.807) is 0 Å². The first-order valence-electron chi connectivity index (χ1n) is 3.92. The van der Waals surface area contributed by atoms with Crippen molar-refractivity contribution >= 4 is 23.7 Å². The van der Waals surface area contributed by atoms with Crippen LogP contribution in [0.3, 0.4) is 0 Å². The van der Waals surface area contributed by atoms with E-state index in [9.17, 15) is 21.6 Å². The van der Waals surface area contributed by atoms with E-state index in [0.717, 1.165) is 12.1 Å². The first kappa shape index (κ1) is 16.7. The van der Waals surface area contributed by atoms with E-state index in [1.807, 2.05) is 0 Å². The number of hydrogen-bond acceptors (Lipinski definition) is 3. The van der Waals surface area contributed by atoms with E-state index < -0.39 is 21.4 Å². The molecule has 92 valence electrons. The van der Waals surface area contributed by atoms with Crippen molar-refractivity contribution in [3.8, 4) is 5.75 Å². The molecule has 0 spiro atoms. The van der Waals surface area contributed by atoms with Gasteiger partial charge in [-0.3, -0.25) is 0 Å². The third-order valence-corrected chi connectivity index (χ3v) is 2.37. The van der Waals surface area contributed by atoms with Crippen LogP contribution < -0.4 is 4.18 Å². The monoisotopic (exact) mass is 382 g/mol. The molecule has 0 aliphatic carbocycles. The van der Waals surface area contributed by atoms with Crippen molar-refractivity contribution in [3.05, 3.63) is 36.8 Å². The summed E-state index contributed by atoms with van der Waals surface area (Å²) in [6, 6.07) is 5.01. The summed E-state index contributed by atoms with van der Waals surface area (Å²) >= 11 is 4.25. The first-order chi connectivity index (χ1) is 7.72. The zero-order valence-corrected chi connectivity index (χ0v) is 13.7. The van der Waals surface area contributed by atoms with Gasteiger partial charge in [0.2, 0.25) is 0 Å². The second kappa shape index (κ2) is 6.61. The third kappa shape index (κ3) is 5.27. The molecule has 0 aromatic heterocycles. The van der Waals surface area contributed by atoms with Crippen molar-refractivity contribution in [1.29, 1.82) is 0 Å². The average molecular weight is 384 g/mol. The third-order valence-electron chi connectivity index (χ3n) is 1.39. The van der Waals surface area contributed by atoms with Crippen molar-refractivity contribution in [2.75, 3.05) is 0 Å². The molecule has 0 saturated carbocycles. The quantitative estimate of drug-likeness (QED) is 0.341. The second-order valence-electron chi connectivity index (χ2n) is 2.63. The summed E-state index contributed by atoms with van der Waals surface area (Å²) in [5, 5.41) is 0. The molecule has 0 bridgehead atoms. The van der Waals surface area contributed by atoms with Gasteiger partial charge in [0.05, 0.1) is 5.75 Å². The molecule has 1 rings (SSSR count). The van der Waals surface area contributed by atoms with Crippen LogP contribution in [-0.2, 0) is 26.5 Å². The molecule has 0 aliphatic heterocycles. The standard InChI is InChI=1S/C8H6F3O3S.BrH.Zn/c1-6-3-2-4-7(5-6)14-15(12,13)8(9,10)11;;/h2-5H,1H2;1H;/q-1;;+2/p-1. The Morgan fingerprint density at radius 3 is 2.24 bits per heavy atom. The van der Waals surface area contributed by atoms with Crippen molar-refractivity contribution < 1.29 is 42.1 Å². The zero-order valence-electron chi connectivity index (χ0n) is 8.37. The minimum atomic E-state index is -5.60. The molecule has 17 heavy (non-hydrogen) atoms. The van der Waals surface area contributed by atoms with Gasteiger partial charge in [0.25, 0.3) is 0 Å². The topological polar surface area (TPSA) is 43.4 Å². The maximum absolute atomic E-state index is 11.9. The minimum absolute atomic E-state index is 0.352. The fourth-order valence-electron chi connectivity index (χ4n) is 0.771. The molecule has 9 heteroatoms. The first-order valence-corrected chi connectivity index (χ1v) is 12.3. The normalized spacial score (nSPS) is 11.4. The predicted molar refractivity (Wildman–Crippen MR) is 55.4 cm³/mol. The van der Waals surface area contributed by atoms with Gasteiger partial charge in [-0.05, 0) is 6.07 Å². The van der Waals surface area contributed by atoms with Crippen LogP contribution in [0.5, 0.6) is 5.75 Å². The molecule has 0 unspecified atom stereocenters. The Hall–Kier alpha value is -0.267. The van der Waals surface area contributed by atoms with Crippen LogP contribution in [0.1, 0.15) is 5.56 Å². The van der Waals surface area contributed by atoms with Gasteiger partial charge in [0.1, 0.15) is 0 Å². The van der Waals surface area contributed by atoms with Gasteiger partial charge in [-0.2, -0.15) is 40.1 Å². The molecule has 0 atom stereocenters. The van der Waals surface area contributed by atoms with Crippen LogP contribution in [0.15, 0.2) is 24.3 Å². The van der Waals surface area contributed by atoms with E-state index in [1.165, 1.54) is 28.5 Å². The second-order valence-corrected chi connectivity index (χ2v) is 4.17. The van der Waals surface area contributed by atoms with E-state index in [0.29, 0.717) is 5.56 Å². The van der Waals surface area contributed by atoms with Gasteiger partial charge in [0.15, 0.2) is 0 Å². The van der Waals surface area contributed by atoms with E-state index >= 15 is 0 Å². The van der Waals surface area contributed by atoms with Crippen molar-refractivity contribution in [2.24, 2.45) is 0 Å². The molecule has 0 radical (unpaired) electrons. The van der Waals surface area contributed by atoms with E-state index in [2.05, 4.69) is 24.7 Å². The van der Waals surface area contributed by atoms with Crippen molar-refractivity contribution in [1.82, 2.24) is 0 Å². The van der Waals surface area contributed by atoms with Crippen molar-refractivity contribution in [3.63, 3.8) is 0 Å². The van der Waals surface area contributed by atoms with Gasteiger partial charge < -0.3 is 4.18 Å².